The maximum Gasteiger partial charge on any atom is 0.191 e. The smallest absolute Gasteiger partial charge is 0.191 e. The molecule has 0 aromatic heterocycles. The molecular formula is C15H30N4O. The van der Waals surface area contributed by atoms with Crippen LogP contribution in [0.3, 0.4) is 0 Å². The van der Waals surface area contributed by atoms with Gasteiger partial charge in [0.15, 0.2) is 5.96 Å². The normalized spacial score (nSPS) is 20.9. The molecule has 1 saturated carbocycles. The van der Waals surface area contributed by atoms with Crippen LogP contribution in [0.5, 0.6) is 0 Å². The van der Waals surface area contributed by atoms with E-state index >= 15 is 0 Å². The Labute approximate surface area is 123 Å². The second-order valence-corrected chi connectivity index (χ2v) is 5.73. The van der Waals surface area contributed by atoms with E-state index in [2.05, 4.69) is 27.4 Å². The third-order valence-electron chi connectivity index (χ3n) is 3.91. The summed E-state index contributed by atoms with van der Waals surface area (Å²) in [4.78, 5) is 7.08. The zero-order valence-corrected chi connectivity index (χ0v) is 12.9. The minimum absolute atomic E-state index is 0.870. The first-order valence-electron chi connectivity index (χ1n) is 8.20. The second-order valence-electron chi connectivity index (χ2n) is 5.73. The molecule has 0 unspecified atom stereocenters. The molecule has 0 aromatic rings. The summed E-state index contributed by atoms with van der Waals surface area (Å²) in [5.41, 5.74) is 0. The summed E-state index contributed by atoms with van der Waals surface area (Å²) in [6, 6.07) is 0. The van der Waals surface area contributed by atoms with Crippen LogP contribution in [0.1, 0.15) is 32.6 Å². The van der Waals surface area contributed by atoms with E-state index < -0.39 is 0 Å². The topological polar surface area (TPSA) is 48.9 Å². The molecule has 20 heavy (non-hydrogen) atoms. The highest BCUT2D eigenvalue weighted by atomic mass is 16.5. The van der Waals surface area contributed by atoms with Crippen molar-refractivity contribution in [2.45, 2.75) is 32.6 Å². The van der Waals surface area contributed by atoms with Crippen molar-refractivity contribution in [3.8, 4) is 0 Å². The number of nitrogens with zero attached hydrogens (tertiary/aromatic N) is 2. The van der Waals surface area contributed by atoms with Crippen molar-refractivity contribution in [3.63, 3.8) is 0 Å². The maximum absolute atomic E-state index is 5.36. The Balaban J connectivity index is 1.58. The number of hydrogen-bond donors (Lipinski definition) is 2. The third-order valence-corrected chi connectivity index (χ3v) is 3.91. The molecule has 1 aliphatic carbocycles. The molecule has 5 nitrogen and oxygen atoms in total. The van der Waals surface area contributed by atoms with Crippen molar-refractivity contribution in [2.24, 2.45) is 10.9 Å². The van der Waals surface area contributed by atoms with Gasteiger partial charge in [-0.2, -0.15) is 0 Å². The van der Waals surface area contributed by atoms with Crippen LogP contribution in [-0.4, -0.2) is 63.3 Å². The average Bonchev–Trinajstić information content (AvgIpc) is 3.29. The van der Waals surface area contributed by atoms with Crippen LogP contribution in [-0.2, 0) is 4.74 Å². The van der Waals surface area contributed by atoms with Crippen LogP contribution >= 0.6 is 0 Å². The summed E-state index contributed by atoms with van der Waals surface area (Å²) in [7, 11) is 0. The van der Waals surface area contributed by atoms with Crippen molar-refractivity contribution in [3.05, 3.63) is 0 Å². The Kier molecular flexibility index (Phi) is 7.15. The first-order valence-corrected chi connectivity index (χ1v) is 8.20. The van der Waals surface area contributed by atoms with Crippen molar-refractivity contribution >= 4 is 5.96 Å². The van der Waals surface area contributed by atoms with Gasteiger partial charge in [-0.1, -0.05) is 12.8 Å². The molecule has 1 aliphatic heterocycles. The van der Waals surface area contributed by atoms with Gasteiger partial charge in [0.1, 0.15) is 0 Å². The molecule has 0 radical (unpaired) electrons. The molecule has 5 heteroatoms. The Morgan fingerprint density at radius 3 is 2.75 bits per heavy atom. The van der Waals surface area contributed by atoms with E-state index in [1.807, 2.05) is 0 Å². The van der Waals surface area contributed by atoms with Crippen LogP contribution in [0, 0.1) is 5.92 Å². The zero-order chi connectivity index (χ0) is 14.0. The summed E-state index contributed by atoms with van der Waals surface area (Å²) in [6.07, 6.45) is 5.48. The Morgan fingerprint density at radius 1 is 1.25 bits per heavy atom. The highest BCUT2D eigenvalue weighted by Gasteiger charge is 2.19. The molecule has 0 aromatic carbocycles. The van der Waals surface area contributed by atoms with Crippen molar-refractivity contribution in [2.75, 3.05) is 52.5 Å². The Hall–Kier alpha value is -0.810. The predicted octanol–water partition coefficient (Wildman–Crippen LogP) is 1.06. The first-order chi connectivity index (χ1) is 9.88. The SMILES string of the molecule is CCNC(=NCCCC1CC1)NCCN1CCOCC1. The molecular weight excluding hydrogens is 252 g/mol. The van der Waals surface area contributed by atoms with Gasteiger partial charge in [0.2, 0.25) is 0 Å². The summed E-state index contributed by atoms with van der Waals surface area (Å²) < 4.78 is 5.36. The number of hydrogen-bond acceptors (Lipinski definition) is 3. The monoisotopic (exact) mass is 282 g/mol. The maximum atomic E-state index is 5.36. The lowest BCUT2D eigenvalue weighted by Gasteiger charge is -2.26. The van der Waals surface area contributed by atoms with Gasteiger partial charge in [-0.05, 0) is 25.7 Å². The number of rotatable bonds is 8. The number of ether oxygens (including phenoxy) is 1. The minimum Gasteiger partial charge on any atom is -0.379 e. The molecule has 0 amide bonds. The van der Waals surface area contributed by atoms with Crippen molar-refractivity contribution in [1.82, 2.24) is 15.5 Å². The van der Waals surface area contributed by atoms with Gasteiger partial charge in [-0.25, -0.2) is 0 Å². The van der Waals surface area contributed by atoms with Crippen molar-refractivity contribution in [1.29, 1.82) is 0 Å². The van der Waals surface area contributed by atoms with Gasteiger partial charge < -0.3 is 15.4 Å². The lowest BCUT2D eigenvalue weighted by molar-refractivity contribution is 0.0389. The molecule has 2 aliphatic rings. The van der Waals surface area contributed by atoms with Crippen LogP contribution < -0.4 is 10.6 Å². The standard InChI is InChI=1S/C15H30N4O/c1-2-16-15(17-7-3-4-14-5-6-14)18-8-9-19-10-12-20-13-11-19/h14H,2-13H2,1H3,(H2,16,17,18). The molecule has 2 rings (SSSR count). The fraction of sp³-hybridized carbons (Fsp3) is 0.933. The number of nitrogens with one attached hydrogen (secondary N) is 2. The summed E-state index contributed by atoms with van der Waals surface area (Å²) >= 11 is 0. The van der Waals surface area contributed by atoms with Gasteiger partial charge in [-0.3, -0.25) is 9.89 Å². The quantitative estimate of drug-likeness (QED) is 0.397. The molecule has 2 fully saturated rings. The van der Waals surface area contributed by atoms with E-state index in [0.717, 1.165) is 64.4 Å². The van der Waals surface area contributed by atoms with Gasteiger partial charge >= 0.3 is 0 Å². The van der Waals surface area contributed by atoms with Crippen LogP contribution in [0.25, 0.3) is 0 Å². The largest absolute Gasteiger partial charge is 0.379 e. The molecule has 116 valence electrons. The highest BCUT2D eigenvalue weighted by Crippen LogP contribution is 2.33. The second kappa shape index (κ2) is 9.19. The molecule has 2 N–H and O–H groups in total. The van der Waals surface area contributed by atoms with E-state index in [4.69, 9.17) is 4.74 Å². The third kappa shape index (κ3) is 6.57. The number of morpholine rings is 1. The van der Waals surface area contributed by atoms with E-state index in [1.165, 1.54) is 25.7 Å². The molecule has 0 atom stereocenters. The van der Waals surface area contributed by atoms with E-state index in [-0.39, 0.29) is 0 Å². The number of aliphatic imine (C=N–C) groups is 1. The van der Waals surface area contributed by atoms with Gasteiger partial charge in [-0.15, -0.1) is 0 Å². The van der Waals surface area contributed by atoms with Crippen LogP contribution in [0.4, 0.5) is 0 Å². The fourth-order valence-electron chi connectivity index (χ4n) is 2.48. The van der Waals surface area contributed by atoms with Gasteiger partial charge in [0, 0.05) is 39.3 Å². The zero-order valence-electron chi connectivity index (χ0n) is 12.9. The van der Waals surface area contributed by atoms with Crippen molar-refractivity contribution < 1.29 is 4.74 Å². The lowest BCUT2D eigenvalue weighted by atomic mass is 10.2. The van der Waals surface area contributed by atoms with E-state index in [1.54, 1.807) is 0 Å². The van der Waals surface area contributed by atoms with E-state index in [0.29, 0.717) is 0 Å². The van der Waals surface area contributed by atoms with E-state index in [9.17, 15) is 0 Å². The summed E-state index contributed by atoms with van der Waals surface area (Å²) in [5, 5.41) is 6.75. The fourth-order valence-corrected chi connectivity index (χ4v) is 2.48. The number of guanidine groups is 1. The minimum atomic E-state index is 0.870. The Morgan fingerprint density at radius 2 is 2.05 bits per heavy atom. The van der Waals surface area contributed by atoms with Crippen LogP contribution in [0.15, 0.2) is 4.99 Å². The molecule has 1 saturated heterocycles. The Bertz CT molecular complexity index is 286. The highest BCUT2D eigenvalue weighted by molar-refractivity contribution is 5.79. The van der Waals surface area contributed by atoms with Crippen LogP contribution in [0.2, 0.25) is 0 Å². The molecule has 0 bridgehead atoms. The lowest BCUT2D eigenvalue weighted by Crippen LogP contribution is -2.44. The summed E-state index contributed by atoms with van der Waals surface area (Å²) in [6.45, 7) is 9.85. The average molecular weight is 282 g/mol. The summed E-state index contributed by atoms with van der Waals surface area (Å²) in [5.74, 6) is 1.98. The predicted molar refractivity (Wildman–Crippen MR) is 83.2 cm³/mol. The van der Waals surface area contributed by atoms with Gasteiger partial charge in [0.05, 0.1) is 13.2 Å². The molecule has 0 spiro atoms. The first kappa shape index (κ1) is 15.6. The molecule has 1 heterocycles. The van der Waals surface area contributed by atoms with Gasteiger partial charge in [0.25, 0.3) is 0 Å².